The average Bonchev–Trinajstić information content (AvgIpc) is 2.77. The van der Waals surface area contributed by atoms with Crippen molar-refractivity contribution in [2.24, 2.45) is 5.10 Å². The highest BCUT2D eigenvalue weighted by molar-refractivity contribution is 9.10. The number of benzene rings is 3. The molecule has 0 heterocycles. The Kier molecular flexibility index (Phi) is 8.12. The van der Waals surface area contributed by atoms with Gasteiger partial charge in [0.1, 0.15) is 4.90 Å². The van der Waals surface area contributed by atoms with Crippen LogP contribution >= 0.6 is 27.5 Å². The molecule has 3 rings (SSSR count). The van der Waals surface area contributed by atoms with Crippen LogP contribution in [0, 0.1) is 6.92 Å². The van der Waals surface area contributed by atoms with E-state index in [4.69, 9.17) is 20.5 Å². The van der Waals surface area contributed by atoms with Gasteiger partial charge in [-0.15, -0.1) is 0 Å². The van der Waals surface area contributed by atoms with Crippen LogP contribution in [0.15, 0.2) is 75.1 Å². The molecule has 0 bridgehead atoms. The summed E-state index contributed by atoms with van der Waals surface area (Å²) in [6, 6.07) is 15.9. The molecule has 1 N–H and O–H groups in total. The molecule has 0 unspecified atom stereocenters. The number of carbonyl (C=O) groups is 1. The van der Waals surface area contributed by atoms with E-state index in [0.717, 1.165) is 5.56 Å². The van der Waals surface area contributed by atoms with Gasteiger partial charge in [-0.05, 0) is 83.9 Å². The number of amides is 1. The van der Waals surface area contributed by atoms with Gasteiger partial charge in [0.15, 0.2) is 11.5 Å². The second-order valence-electron chi connectivity index (χ2n) is 6.82. The van der Waals surface area contributed by atoms with Crippen molar-refractivity contribution in [3.63, 3.8) is 0 Å². The molecule has 0 saturated carbocycles. The summed E-state index contributed by atoms with van der Waals surface area (Å²) in [6.07, 6.45) is 1.40. The molecule has 172 valence electrons. The summed E-state index contributed by atoms with van der Waals surface area (Å²) in [7, 11) is -4.08. The van der Waals surface area contributed by atoms with Crippen LogP contribution in [0.25, 0.3) is 0 Å². The van der Waals surface area contributed by atoms with E-state index in [-0.39, 0.29) is 23.0 Å². The second kappa shape index (κ2) is 10.8. The van der Waals surface area contributed by atoms with Gasteiger partial charge in [-0.1, -0.05) is 29.3 Å². The fourth-order valence-electron chi connectivity index (χ4n) is 2.70. The van der Waals surface area contributed by atoms with E-state index in [2.05, 4.69) is 26.5 Å². The molecule has 0 aliphatic heterocycles. The van der Waals surface area contributed by atoms with Crippen molar-refractivity contribution in [3.05, 3.63) is 86.8 Å². The summed E-state index contributed by atoms with van der Waals surface area (Å²) in [6.45, 7) is 3.90. The van der Waals surface area contributed by atoms with Crippen molar-refractivity contribution in [2.75, 3.05) is 6.61 Å². The SMILES string of the molecule is CCOc1cc(/C=N\NC(=O)c2ccc(Cl)cc2)cc(Br)c1OS(=O)(=O)c1ccc(C)cc1. The zero-order valence-corrected chi connectivity index (χ0v) is 20.9. The van der Waals surface area contributed by atoms with Crippen LogP contribution in [0.3, 0.4) is 0 Å². The lowest BCUT2D eigenvalue weighted by Gasteiger charge is -2.14. The number of hydrogen-bond acceptors (Lipinski definition) is 6. The zero-order chi connectivity index (χ0) is 24.0. The fraction of sp³-hybridized carbons (Fsp3) is 0.130. The molecule has 0 radical (unpaired) electrons. The van der Waals surface area contributed by atoms with Gasteiger partial charge in [0.25, 0.3) is 5.91 Å². The number of nitrogens with one attached hydrogen (secondary N) is 1. The van der Waals surface area contributed by atoms with Crippen molar-refractivity contribution >= 4 is 49.8 Å². The maximum absolute atomic E-state index is 12.7. The van der Waals surface area contributed by atoms with Crippen molar-refractivity contribution in [1.82, 2.24) is 5.43 Å². The highest BCUT2D eigenvalue weighted by Crippen LogP contribution is 2.38. The minimum atomic E-state index is -4.08. The van der Waals surface area contributed by atoms with E-state index in [1.54, 1.807) is 55.5 Å². The van der Waals surface area contributed by atoms with Crippen molar-refractivity contribution in [3.8, 4) is 11.5 Å². The monoisotopic (exact) mass is 550 g/mol. The van der Waals surface area contributed by atoms with Gasteiger partial charge < -0.3 is 8.92 Å². The molecule has 0 aliphatic carbocycles. The number of hydrazone groups is 1. The van der Waals surface area contributed by atoms with Gasteiger partial charge in [0.05, 0.1) is 17.3 Å². The number of ether oxygens (including phenoxy) is 1. The third-order valence-corrected chi connectivity index (χ3v) is 6.40. The lowest BCUT2D eigenvalue weighted by Crippen LogP contribution is -2.17. The van der Waals surface area contributed by atoms with Crippen LogP contribution in [0.5, 0.6) is 11.5 Å². The van der Waals surface area contributed by atoms with Gasteiger partial charge in [0.2, 0.25) is 0 Å². The third kappa shape index (κ3) is 6.56. The molecule has 7 nitrogen and oxygen atoms in total. The molecule has 3 aromatic rings. The lowest BCUT2D eigenvalue weighted by molar-refractivity contribution is 0.0955. The van der Waals surface area contributed by atoms with E-state index in [1.165, 1.54) is 18.3 Å². The summed E-state index contributed by atoms with van der Waals surface area (Å²) >= 11 is 9.16. The molecular weight excluding hydrogens is 532 g/mol. The van der Waals surface area contributed by atoms with Crippen LogP contribution in [0.1, 0.15) is 28.4 Å². The first-order chi connectivity index (χ1) is 15.7. The lowest BCUT2D eigenvalue weighted by atomic mass is 10.2. The Bertz CT molecular complexity index is 1280. The predicted octanol–water partition coefficient (Wildman–Crippen LogP) is 5.34. The Hall–Kier alpha value is -2.88. The number of aryl methyl sites for hydroxylation is 1. The van der Waals surface area contributed by atoms with Crippen LogP contribution < -0.4 is 14.3 Å². The highest BCUT2D eigenvalue weighted by atomic mass is 79.9. The Morgan fingerprint density at radius 3 is 2.42 bits per heavy atom. The molecular formula is C23H20BrClN2O5S. The fourth-order valence-corrected chi connectivity index (χ4v) is 4.43. The van der Waals surface area contributed by atoms with E-state index in [9.17, 15) is 13.2 Å². The molecule has 0 atom stereocenters. The van der Waals surface area contributed by atoms with Gasteiger partial charge in [-0.3, -0.25) is 4.79 Å². The molecule has 0 aromatic heterocycles. The molecule has 0 aliphatic rings. The Morgan fingerprint density at radius 1 is 1.12 bits per heavy atom. The van der Waals surface area contributed by atoms with Crippen LogP contribution in [0.2, 0.25) is 5.02 Å². The predicted molar refractivity (Wildman–Crippen MR) is 131 cm³/mol. The van der Waals surface area contributed by atoms with E-state index < -0.39 is 16.0 Å². The summed E-state index contributed by atoms with van der Waals surface area (Å²) in [5.41, 5.74) is 4.29. The first kappa shape index (κ1) is 24.8. The summed E-state index contributed by atoms with van der Waals surface area (Å²) in [5, 5.41) is 4.47. The maximum atomic E-state index is 12.7. The van der Waals surface area contributed by atoms with Gasteiger partial charge >= 0.3 is 10.1 Å². The van der Waals surface area contributed by atoms with Crippen LogP contribution in [-0.4, -0.2) is 27.1 Å². The van der Waals surface area contributed by atoms with E-state index in [0.29, 0.717) is 20.6 Å². The molecule has 0 saturated heterocycles. The Labute approximate surface area is 205 Å². The summed E-state index contributed by atoms with van der Waals surface area (Å²) in [5.74, 6) is -0.191. The molecule has 3 aromatic carbocycles. The Morgan fingerprint density at radius 2 is 1.79 bits per heavy atom. The maximum Gasteiger partial charge on any atom is 0.339 e. The van der Waals surface area contributed by atoms with E-state index >= 15 is 0 Å². The summed E-state index contributed by atoms with van der Waals surface area (Å²) < 4.78 is 36.8. The normalized spacial score (nSPS) is 11.4. The first-order valence-corrected chi connectivity index (χ1v) is 12.3. The van der Waals surface area contributed by atoms with Crippen LogP contribution in [-0.2, 0) is 10.1 Å². The topological polar surface area (TPSA) is 94.1 Å². The zero-order valence-electron chi connectivity index (χ0n) is 17.7. The minimum Gasteiger partial charge on any atom is -0.490 e. The minimum absolute atomic E-state index is 0.0137. The van der Waals surface area contributed by atoms with Crippen LogP contribution in [0.4, 0.5) is 0 Å². The smallest absolute Gasteiger partial charge is 0.339 e. The van der Waals surface area contributed by atoms with Crippen molar-refractivity contribution in [2.45, 2.75) is 18.7 Å². The van der Waals surface area contributed by atoms with Crippen molar-refractivity contribution < 1.29 is 22.1 Å². The van der Waals surface area contributed by atoms with Gasteiger partial charge in [-0.2, -0.15) is 13.5 Å². The standard InChI is InChI=1S/C23H20BrClN2O5S/c1-3-31-21-13-16(14-26-27-23(28)17-6-8-18(25)9-7-17)12-20(24)22(21)32-33(29,30)19-10-4-15(2)5-11-19/h4-14H,3H2,1-2H3,(H,27,28)/b26-14-. The molecule has 1 amide bonds. The number of hydrogen-bond donors (Lipinski definition) is 1. The average molecular weight is 552 g/mol. The Balaban J connectivity index is 1.81. The van der Waals surface area contributed by atoms with Crippen molar-refractivity contribution in [1.29, 1.82) is 0 Å². The number of nitrogens with zero attached hydrogens (tertiary/aromatic N) is 1. The number of rotatable bonds is 8. The van der Waals surface area contributed by atoms with Gasteiger partial charge in [-0.25, -0.2) is 5.43 Å². The quantitative estimate of drug-likeness (QED) is 0.232. The second-order valence-corrected chi connectivity index (χ2v) is 9.66. The molecule has 0 fully saturated rings. The first-order valence-electron chi connectivity index (χ1n) is 9.76. The molecule has 10 heteroatoms. The summed E-state index contributed by atoms with van der Waals surface area (Å²) in [4.78, 5) is 12.2. The third-order valence-electron chi connectivity index (χ3n) is 4.32. The number of carbonyl (C=O) groups excluding carboxylic acids is 1. The largest absolute Gasteiger partial charge is 0.490 e. The van der Waals surface area contributed by atoms with Gasteiger partial charge in [0, 0.05) is 10.6 Å². The number of halogens is 2. The highest BCUT2D eigenvalue weighted by Gasteiger charge is 2.22. The van der Waals surface area contributed by atoms with E-state index in [1.807, 2.05) is 6.92 Å². The molecule has 33 heavy (non-hydrogen) atoms. The molecule has 0 spiro atoms.